The average Bonchev–Trinajstić information content (AvgIpc) is 2.84. The van der Waals surface area contributed by atoms with E-state index in [0.29, 0.717) is 18.5 Å². The Morgan fingerprint density at radius 1 is 1.00 bits per heavy atom. The van der Waals surface area contributed by atoms with Crippen LogP contribution in [0.25, 0.3) is 10.8 Å². The highest BCUT2D eigenvalue weighted by Crippen LogP contribution is 2.36. The number of fused-ring (bicyclic) bond motifs is 1. The highest BCUT2D eigenvalue weighted by molar-refractivity contribution is 7.89. The van der Waals surface area contributed by atoms with Crippen molar-refractivity contribution in [1.29, 1.82) is 0 Å². The number of sulfonamides is 1. The van der Waals surface area contributed by atoms with Gasteiger partial charge in [0.15, 0.2) is 0 Å². The van der Waals surface area contributed by atoms with Crippen molar-refractivity contribution in [2.45, 2.75) is 42.9 Å². The lowest BCUT2D eigenvalue weighted by molar-refractivity contribution is -0.138. The van der Waals surface area contributed by atoms with Gasteiger partial charge in [-0.2, -0.15) is 0 Å². The van der Waals surface area contributed by atoms with Gasteiger partial charge in [0.1, 0.15) is 0 Å². The van der Waals surface area contributed by atoms with E-state index < -0.39 is 15.4 Å². The molecule has 3 amide bonds. The van der Waals surface area contributed by atoms with Crippen LogP contribution in [0.5, 0.6) is 0 Å². The van der Waals surface area contributed by atoms with Gasteiger partial charge in [0.25, 0.3) is 0 Å². The number of benzene rings is 3. The van der Waals surface area contributed by atoms with Crippen molar-refractivity contribution in [1.82, 2.24) is 10.0 Å². The molecular weight excluding hydrogens is 466 g/mol. The first kappa shape index (κ1) is 24.6. The lowest BCUT2D eigenvalue weighted by atomic mass is 9.72. The molecule has 3 aromatic carbocycles. The maximum absolute atomic E-state index is 12.6. The molecule has 0 aliphatic carbocycles. The van der Waals surface area contributed by atoms with Crippen LogP contribution in [0.1, 0.15) is 38.2 Å². The summed E-state index contributed by atoms with van der Waals surface area (Å²) < 4.78 is 27.7. The average molecular weight is 494 g/mol. The maximum atomic E-state index is 12.6. The highest BCUT2D eigenvalue weighted by atomic mass is 32.2. The van der Waals surface area contributed by atoms with E-state index in [1.165, 1.54) is 6.07 Å². The number of amides is 3. The summed E-state index contributed by atoms with van der Waals surface area (Å²) in [5.74, 6) is -0.906. The molecule has 1 heterocycles. The molecule has 4 rings (SSSR count). The van der Waals surface area contributed by atoms with Crippen LogP contribution < -0.4 is 15.4 Å². The van der Waals surface area contributed by atoms with E-state index in [2.05, 4.69) is 15.4 Å². The molecule has 0 aromatic heterocycles. The SMILES string of the molecule is CCC1(c2ccc(NC(=O)CCNS(=O)(=O)c3ccc4ccccc4c3)cc2)CCC(=O)NC1=O. The number of piperidine rings is 1. The monoisotopic (exact) mass is 493 g/mol. The van der Waals surface area contributed by atoms with E-state index in [0.717, 1.165) is 16.3 Å². The molecule has 35 heavy (non-hydrogen) atoms. The Balaban J connectivity index is 1.34. The number of nitrogens with one attached hydrogen (secondary N) is 3. The second kappa shape index (κ2) is 9.97. The summed E-state index contributed by atoms with van der Waals surface area (Å²) >= 11 is 0. The van der Waals surface area contributed by atoms with Crippen LogP contribution in [0.2, 0.25) is 0 Å². The molecule has 1 unspecified atom stereocenters. The van der Waals surface area contributed by atoms with Gasteiger partial charge in [-0.25, -0.2) is 13.1 Å². The molecule has 0 bridgehead atoms. The highest BCUT2D eigenvalue weighted by Gasteiger charge is 2.42. The Hall–Kier alpha value is -3.56. The largest absolute Gasteiger partial charge is 0.326 e. The fraction of sp³-hybridized carbons (Fsp3) is 0.269. The Morgan fingerprint density at radius 2 is 1.71 bits per heavy atom. The minimum absolute atomic E-state index is 0.0437. The lowest BCUT2D eigenvalue weighted by Gasteiger charge is -2.35. The first-order valence-electron chi connectivity index (χ1n) is 11.5. The number of anilines is 1. The maximum Gasteiger partial charge on any atom is 0.240 e. The van der Waals surface area contributed by atoms with Crippen molar-refractivity contribution in [3.05, 3.63) is 72.3 Å². The molecule has 8 nitrogen and oxygen atoms in total. The molecule has 182 valence electrons. The molecule has 9 heteroatoms. The molecule has 1 aliphatic rings. The topological polar surface area (TPSA) is 121 Å². The summed E-state index contributed by atoms with van der Waals surface area (Å²) in [5.41, 5.74) is 0.554. The Labute approximate surface area is 204 Å². The van der Waals surface area contributed by atoms with E-state index in [1.807, 2.05) is 31.2 Å². The van der Waals surface area contributed by atoms with Gasteiger partial charge in [0.2, 0.25) is 27.7 Å². The summed E-state index contributed by atoms with van der Waals surface area (Å²) in [7, 11) is -3.75. The van der Waals surface area contributed by atoms with E-state index in [9.17, 15) is 22.8 Å². The number of carbonyl (C=O) groups is 3. The lowest BCUT2D eigenvalue weighted by Crippen LogP contribution is -2.51. The van der Waals surface area contributed by atoms with E-state index in [1.54, 1.807) is 36.4 Å². The molecule has 0 spiro atoms. The smallest absolute Gasteiger partial charge is 0.240 e. The van der Waals surface area contributed by atoms with Gasteiger partial charge < -0.3 is 5.32 Å². The van der Waals surface area contributed by atoms with Crippen molar-refractivity contribution in [3.63, 3.8) is 0 Å². The van der Waals surface area contributed by atoms with Crippen molar-refractivity contribution < 1.29 is 22.8 Å². The zero-order valence-electron chi connectivity index (χ0n) is 19.3. The van der Waals surface area contributed by atoms with Crippen LogP contribution in [-0.2, 0) is 29.8 Å². The van der Waals surface area contributed by atoms with Crippen LogP contribution in [0.15, 0.2) is 71.6 Å². The Bertz CT molecular complexity index is 1390. The summed E-state index contributed by atoms with van der Waals surface area (Å²) in [6.45, 7) is 1.86. The number of imide groups is 1. The normalized spacial score (nSPS) is 18.3. The second-order valence-corrected chi connectivity index (χ2v) is 10.4. The minimum Gasteiger partial charge on any atom is -0.326 e. The molecule has 3 N–H and O–H groups in total. The Kier molecular flexibility index (Phi) is 7.00. The van der Waals surface area contributed by atoms with Gasteiger partial charge >= 0.3 is 0 Å². The molecular formula is C26H27N3O5S. The van der Waals surface area contributed by atoms with Gasteiger partial charge in [-0.05, 0) is 53.4 Å². The fourth-order valence-corrected chi connectivity index (χ4v) is 5.45. The number of hydrogen-bond acceptors (Lipinski definition) is 5. The molecule has 0 radical (unpaired) electrons. The number of carbonyl (C=O) groups excluding carboxylic acids is 3. The zero-order valence-corrected chi connectivity index (χ0v) is 20.2. The van der Waals surface area contributed by atoms with Crippen LogP contribution in [0, 0.1) is 0 Å². The van der Waals surface area contributed by atoms with Crippen molar-refractivity contribution >= 4 is 44.2 Å². The summed E-state index contributed by atoms with van der Waals surface area (Å²) in [6.07, 6.45) is 1.23. The van der Waals surface area contributed by atoms with E-state index >= 15 is 0 Å². The third-order valence-electron chi connectivity index (χ3n) is 6.47. The predicted octanol–water partition coefficient (Wildman–Crippen LogP) is 3.23. The van der Waals surface area contributed by atoms with Gasteiger partial charge in [0.05, 0.1) is 10.3 Å². The molecule has 1 saturated heterocycles. The first-order chi connectivity index (χ1) is 16.7. The summed E-state index contributed by atoms with van der Waals surface area (Å²) in [5, 5.41) is 6.92. The third kappa shape index (κ3) is 5.26. The number of rotatable bonds is 8. The Morgan fingerprint density at radius 3 is 2.40 bits per heavy atom. The summed E-state index contributed by atoms with van der Waals surface area (Å²) in [6, 6.07) is 19.3. The van der Waals surface area contributed by atoms with Gasteiger partial charge in [-0.1, -0.05) is 49.4 Å². The molecule has 1 fully saturated rings. The van der Waals surface area contributed by atoms with E-state index in [4.69, 9.17) is 0 Å². The quantitative estimate of drug-likeness (QED) is 0.416. The third-order valence-corrected chi connectivity index (χ3v) is 7.93. The predicted molar refractivity (Wildman–Crippen MR) is 133 cm³/mol. The first-order valence-corrected chi connectivity index (χ1v) is 12.9. The standard InChI is InChI=1S/C26H27N3O5S/c1-2-26(15-13-23(30)29-25(26)32)20-8-10-21(11-9-20)28-24(31)14-16-27-35(33,34)22-12-7-18-5-3-4-6-19(18)17-22/h3-12,17,27H,2,13-16H2,1H3,(H,28,31)(H,29,30,32). The van der Waals surface area contributed by atoms with Crippen molar-refractivity contribution in [2.24, 2.45) is 0 Å². The van der Waals surface area contributed by atoms with Crippen LogP contribution in [0.4, 0.5) is 5.69 Å². The number of hydrogen-bond donors (Lipinski definition) is 3. The van der Waals surface area contributed by atoms with Gasteiger partial charge in [-0.15, -0.1) is 0 Å². The van der Waals surface area contributed by atoms with Crippen LogP contribution in [-0.4, -0.2) is 32.7 Å². The molecule has 1 atom stereocenters. The minimum atomic E-state index is -3.75. The van der Waals surface area contributed by atoms with Crippen molar-refractivity contribution in [2.75, 3.05) is 11.9 Å². The van der Waals surface area contributed by atoms with Gasteiger partial charge in [0, 0.05) is 25.1 Å². The second-order valence-electron chi connectivity index (χ2n) is 8.60. The van der Waals surface area contributed by atoms with Crippen LogP contribution >= 0.6 is 0 Å². The fourth-order valence-electron chi connectivity index (χ4n) is 4.38. The zero-order chi connectivity index (χ0) is 25.1. The van der Waals surface area contributed by atoms with E-state index in [-0.39, 0.29) is 42.0 Å². The molecule has 1 aliphatic heterocycles. The van der Waals surface area contributed by atoms with Crippen molar-refractivity contribution in [3.8, 4) is 0 Å². The van der Waals surface area contributed by atoms with Crippen LogP contribution in [0.3, 0.4) is 0 Å². The summed E-state index contributed by atoms with van der Waals surface area (Å²) in [4.78, 5) is 36.6. The molecule has 0 saturated carbocycles. The molecule has 3 aromatic rings. The van der Waals surface area contributed by atoms with Gasteiger partial charge in [-0.3, -0.25) is 19.7 Å².